The third kappa shape index (κ3) is 6.98. The summed E-state index contributed by atoms with van der Waals surface area (Å²) in [5.41, 5.74) is 3.85. The Hall–Kier alpha value is -4.53. The standard InChI is InChI=1S/C35H37F3N4O2/c1-3-6-25-17-19-41(20-18-25)29-15-9-26(10-16-29)22-39-34(44)33-21-30(23-40(33)2)42(24-43)32-8-5-4-7-31(32)27-11-13-28(14-12-27)35(36,37)38/h4-5,7-16,21,23-25H,3,6,17-20,22H2,1-2H3,(H,39,44). The molecule has 0 saturated carbocycles. The summed E-state index contributed by atoms with van der Waals surface area (Å²) in [6.07, 6.45) is 2.86. The zero-order valence-electron chi connectivity index (χ0n) is 25.0. The second kappa shape index (κ2) is 13.4. The van der Waals surface area contributed by atoms with Crippen LogP contribution in [0.2, 0.25) is 0 Å². The van der Waals surface area contributed by atoms with Crippen LogP contribution in [-0.4, -0.2) is 30.0 Å². The van der Waals surface area contributed by atoms with Crippen molar-refractivity contribution >= 4 is 29.4 Å². The number of benzene rings is 3. The average Bonchev–Trinajstić information content (AvgIpc) is 3.42. The van der Waals surface area contributed by atoms with Gasteiger partial charge in [0.1, 0.15) is 5.69 Å². The third-order valence-corrected chi connectivity index (χ3v) is 8.36. The van der Waals surface area contributed by atoms with E-state index in [4.69, 9.17) is 0 Å². The lowest BCUT2D eigenvalue weighted by molar-refractivity contribution is -0.137. The quantitative estimate of drug-likeness (QED) is 0.188. The lowest BCUT2D eigenvalue weighted by atomic mass is 9.92. The molecule has 1 fully saturated rings. The molecular formula is C35H37F3N4O2. The molecule has 0 radical (unpaired) electrons. The van der Waals surface area contributed by atoms with Crippen molar-refractivity contribution < 1.29 is 22.8 Å². The number of nitrogens with one attached hydrogen (secondary N) is 1. The van der Waals surface area contributed by atoms with Crippen molar-refractivity contribution in [2.24, 2.45) is 13.0 Å². The molecule has 1 saturated heterocycles. The van der Waals surface area contributed by atoms with Crippen LogP contribution in [-0.2, 0) is 24.6 Å². The Morgan fingerprint density at radius 3 is 2.32 bits per heavy atom. The summed E-state index contributed by atoms with van der Waals surface area (Å²) < 4.78 is 40.9. The number of piperidine rings is 1. The van der Waals surface area contributed by atoms with Crippen molar-refractivity contribution in [1.29, 1.82) is 0 Å². The number of para-hydroxylation sites is 1. The minimum atomic E-state index is -4.44. The van der Waals surface area contributed by atoms with Gasteiger partial charge in [0.25, 0.3) is 5.91 Å². The summed E-state index contributed by atoms with van der Waals surface area (Å²) >= 11 is 0. The van der Waals surface area contributed by atoms with Crippen molar-refractivity contribution in [3.05, 3.63) is 102 Å². The van der Waals surface area contributed by atoms with Gasteiger partial charge in [-0.3, -0.25) is 14.5 Å². The van der Waals surface area contributed by atoms with Gasteiger partial charge in [-0.1, -0.05) is 62.2 Å². The molecule has 0 unspecified atom stereocenters. The highest BCUT2D eigenvalue weighted by Crippen LogP contribution is 2.37. The summed E-state index contributed by atoms with van der Waals surface area (Å²) in [4.78, 5) is 29.3. The number of aryl methyl sites for hydroxylation is 1. The number of carbonyl (C=O) groups excluding carboxylic acids is 2. The molecule has 1 aromatic heterocycles. The highest BCUT2D eigenvalue weighted by atomic mass is 19.4. The Kier molecular flexibility index (Phi) is 9.42. The summed E-state index contributed by atoms with van der Waals surface area (Å²) in [5, 5.41) is 2.97. The molecule has 2 amide bonds. The molecule has 6 nitrogen and oxygen atoms in total. The van der Waals surface area contributed by atoms with Crippen molar-refractivity contribution in [3.63, 3.8) is 0 Å². The molecule has 3 aromatic carbocycles. The molecule has 5 rings (SSSR count). The fraction of sp³-hybridized carbons (Fsp3) is 0.314. The molecular weight excluding hydrogens is 565 g/mol. The average molecular weight is 603 g/mol. The molecule has 230 valence electrons. The Morgan fingerprint density at radius 2 is 1.68 bits per heavy atom. The van der Waals surface area contributed by atoms with Gasteiger partial charge in [-0.15, -0.1) is 0 Å². The number of amides is 2. The summed E-state index contributed by atoms with van der Waals surface area (Å²) in [7, 11) is 1.72. The van der Waals surface area contributed by atoms with Crippen LogP contribution in [0.4, 0.5) is 30.2 Å². The maximum absolute atomic E-state index is 13.2. The molecule has 0 spiro atoms. The van der Waals surface area contributed by atoms with Crippen LogP contribution < -0.4 is 15.1 Å². The molecule has 0 atom stereocenters. The number of rotatable bonds is 10. The monoisotopic (exact) mass is 602 g/mol. The van der Waals surface area contributed by atoms with Gasteiger partial charge in [0.05, 0.1) is 16.9 Å². The SMILES string of the molecule is CCCC1CCN(c2ccc(CNC(=O)c3cc(N(C=O)c4ccccc4-c4ccc(C(F)(F)F)cc4)cn3C)cc2)CC1. The molecule has 1 aliphatic heterocycles. The van der Waals surface area contributed by atoms with Crippen LogP contribution in [0.3, 0.4) is 0 Å². The molecule has 1 N–H and O–H groups in total. The van der Waals surface area contributed by atoms with Crippen molar-refractivity contribution in [2.75, 3.05) is 22.9 Å². The largest absolute Gasteiger partial charge is 0.416 e. The van der Waals surface area contributed by atoms with E-state index in [0.717, 1.165) is 36.7 Å². The molecule has 44 heavy (non-hydrogen) atoms. The van der Waals surface area contributed by atoms with Crippen LogP contribution in [0.5, 0.6) is 0 Å². The van der Waals surface area contributed by atoms with Gasteiger partial charge in [-0.2, -0.15) is 13.2 Å². The first-order valence-corrected chi connectivity index (χ1v) is 15.0. The second-order valence-corrected chi connectivity index (χ2v) is 11.3. The fourth-order valence-electron chi connectivity index (χ4n) is 5.91. The lowest BCUT2D eigenvalue weighted by Crippen LogP contribution is -2.33. The van der Waals surface area contributed by atoms with Gasteiger partial charge in [0.15, 0.2) is 0 Å². The van der Waals surface area contributed by atoms with Crippen LogP contribution in [0, 0.1) is 5.92 Å². The first-order valence-electron chi connectivity index (χ1n) is 15.0. The number of anilines is 3. The van der Waals surface area contributed by atoms with Crippen LogP contribution in [0.1, 0.15) is 54.2 Å². The molecule has 0 aliphatic carbocycles. The van der Waals surface area contributed by atoms with E-state index in [1.165, 1.54) is 48.4 Å². The highest BCUT2D eigenvalue weighted by molar-refractivity contribution is 5.98. The van der Waals surface area contributed by atoms with E-state index >= 15 is 0 Å². The van der Waals surface area contributed by atoms with E-state index in [2.05, 4.69) is 29.3 Å². The maximum Gasteiger partial charge on any atom is 0.416 e. The minimum absolute atomic E-state index is 0.289. The van der Waals surface area contributed by atoms with E-state index in [-0.39, 0.29) is 5.91 Å². The Balaban J connectivity index is 1.26. The van der Waals surface area contributed by atoms with Crippen molar-refractivity contribution in [2.45, 2.75) is 45.3 Å². The van der Waals surface area contributed by atoms with E-state index in [1.54, 1.807) is 48.1 Å². The first kappa shape index (κ1) is 30.9. The smallest absolute Gasteiger partial charge is 0.372 e. The zero-order chi connectivity index (χ0) is 31.3. The molecule has 4 aromatic rings. The van der Waals surface area contributed by atoms with E-state index in [1.807, 2.05) is 12.1 Å². The first-order chi connectivity index (χ1) is 21.2. The van der Waals surface area contributed by atoms with Crippen molar-refractivity contribution in [1.82, 2.24) is 9.88 Å². The van der Waals surface area contributed by atoms with Gasteiger partial charge in [-0.05, 0) is 66.3 Å². The van der Waals surface area contributed by atoms with Gasteiger partial charge in [-0.25, -0.2) is 0 Å². The zero-order valence-corrected chi connectivity index (χ0v) is 25.0. The summed E-state index contributed by atoms with van der Waals surface area (Å²) in [6, 6.07) is 21.7. The molecule has 0 bridgehead atoms. The Morgan fingerprint density at radius 1 is 1.00 bits per heavy atom. The highest BCUT2D eigenvalue weighted by Gasteiger charge is 2.30. The topological polar surface area (TPSA) is 57.6 Å². The predicted octanol–water partition coefficient (Wildman–Crippen LogP) is 7.95. The molecule has 2 heterocycles. The van der Waals surface area contributed by atoms with E-state index in [9.17, 15) is 22.8 Å². The summed E-state index contributed by atoms with van der Waals surface area (Å²) in [5.74, 6) is 0.541. The van der Waals surface area contributed by atoms with Crippen LogP contribution in [0.15, 0.2) is 85.1 Å². The maximum atomic E-state index is 13.2. The fourth-order valence-corrected chi connectivity index (χ4v) is 5.91. The Bertz CT molecular complexity index is 1570. The number of carbonyl (C=O) groups is 2. The second-order valence-electron chi connectivity index (χ2n) is 11.3. The van der Waals surface area contributed by atoms with Crippen molar-refractivity contribution in [3.8, 4) is 11.1 Å². The molecule has 1 aliphatic rings. The molecule has 9 heteroatoms. The van der Waals surface area contributed by atoms with Gasteiger partial charge >= 0.3 is 6.18 Å². The predicted molar refractivity (Wildman–Crippen MR) is 168 cm³/mol. The summed E-state index contributed by atoms with van der Waals surface area (Å²) in [6.45, 7) is 4.74. The van der Waals surface area contributed by atoms with Crippen LogP contribution >= 0.6 is 0 Å². The number of nitrogens with zero attached hydrogens (tertiary/aromatic N) is 3. The van der Waals surface area contributed by atoms with E-state index in [0.29, 0.717) is 41.2 Å². The third-order valence-electron chi connectivity index (χ3n) is 8.36. The number of aromatic nitrogens is 1. The number of halogens is 3. The number of alkyl halides is 3. The van der Waals surface area contributed by atoms with Gasteiger partial charge in [0, 0.05) is 44.1 Å². The van der Waals surface area contributed by atoms with Crippen LogP contribution in [0.25, 0.3) is 11.1 Å². The lowest BCUT2D eigenvalue weighted by Gasteiger charge is -2.33. The Labute approximate surface area is 256 Å². The number of hydrogen-bond donors (Lipinski definition) is 1. The van der Waals surface area contributed by atoms with Gasteiger partial charge in [0.2, 0.25) is 6.41 Å². The van der Waals surface area contributed by atoms with E-state index < -0.39 is 11.7 Å². The minimum Gasteiger partial charge on any atom is -0.372 e. The van der Waals surface area contributed by atoms with Gasteiger partial charge < -0.3 is 14.8 Å². The normalized spacial score (nSPS) is 14.0. The number of hydrogen-bond acceptors (Lipinski definition) is 3.